The van der Waals surface area contributed by atoms with Gasteiger partial charge in [0, 0.05) is 40.7 Å². The monoisotopic (exact) mass is 636 g/mol. The number of ether oxygens (including phenoxy) is 2. The first-order valence-electron chi connectivity index (χ1n) is 14.0. The van der Waals surface area contributed by atoms with Gasteiger partial charge < -0.3 is 9.47 Å². The quantitative estimate of drug-likeness (QED) is 0.166. The zero-order chi connectivity index (χ0) is 31.9. The summed E-state index contributed by atoms with van der Waals surface area (Å²) in [5.41, 5.74) is 2.36. The van der Waals surface area contributed by atoms with Crippen LogP contribution in [-0.2, 0) is 25.9 Å². The van der Waals surface area contributed by atoms with Crippen LogP contribution in [0.5, 0.6) is 0 Å². The van der Waals surface area contributed by atoms with E-state index in [1.807, 2.05) is 42.5 Å². The SMILES string of the molecule is CC(C)OC(=O)Nc1ccc(-c2ncc(-c3ccc(NC(=O)OCCc4ccccc4)cc3S(=O)(=O)NC(C)(C)C)s2)cc1. The first-order valence-corrected chi connectivity index (χ1v) is 16.3. The van der Waals surface area contributed by atoms with Gasteiger partial charge in [-0.05, 0) is 76.6 Å². The highest BCUT2D eigenvalue weighted by Crippen LogP contribution is 2.37. The lowest BCUT2D eigenvalue weighted by atomic mass is 10.1. The normalized spacial score (nSPS) is 11.7. The molecule has 232 valence electrons. The number of anilines is 2. The molecule has 0 aliphatic rings. The maximum atomic E-state index is 13.6. The van der Waals surface area contributed by atoms with E-state index in [4.69, 9.17) is 9.47 Å². The van der Waals surface area contributed by atoms with Crippen LogP contribution in [0, 0.1) is 0 Å². The number of benzene rings is 3. The second-order valence-corrected chi connectivity index (χ2v) is 13.9. The van der Waals surface area contributed by atoms with Crippen molar-refractivity contribution in [2.75, 3.05) is 17.2 Å². The van der Waals surface area contributed by atoms with Crippen molar-refractivity contribution in [3.63, 3.8) is 0 Å². The molecule has 1 heterocycles. The molecule has 0 bridgehead atoms. The number of sulfonamides is 1. The van der Waals surface area contributed by atoms with Crippen molar-refractivity contribution in [2.45, 2.75) is 57.6 Å². The number of carbonyl (C=O) groups excluding carboxylic acids is 2. The molecule has 2 amide bonds. The lowest BCUT2D eigenvalue weighted by Gasteiger charge is -2.22. The highest BCUT2D eigenvalue weighted by Gasteiger charge is 2.27. The van der Waals surface area contributed by atoms with Gasteiger partial charge in [0.15, 0.2) is 0 Å². The van der Waals surface area contributed by atoms with Gasteiger partial charge in [-0.3, -0.25) is 10.6 Å². The highest BCUT2D eigenvalue weighted by molar-refractivity contribution is 7.89. The highest BCUT2D eigenvalue weighted by atomic mass is 32.2. The summed E-state index contributed by atoms with van der Waals surface area (Å²) in [6, 6.07) is 21.4. The average molecular weight is 637 g/mol. The zero-order valence-electron chi connectivity index (χ0n) is 25.2. The Balaban J connectivity index is 1.55. The molecule has 12 heteroatoms. The molecule has 3 N–H and O–H groups in total. The van der Waals surface area contributed by atoms with Crippen molar-refractivity contribution in [1.29, 1.82) is 0 Å². The first-order chi connectivity index (χ1) is 20.8. The summed E-state index contributed by atoms with van der Waals surface area (Å²) < 4.78 is 40.2. The van der Waals surface area contributed by atoms with Gasteiger partial charge in [-0.15, -0.1) is 11.3 Å². The van der Waals surface area contributed by atoms with Crippen LogP contribution in [0.3, 0.4) is 0 Å². The van der Waals surface area contributed by atoms with E-state index in [1.165, 1.54) is 17.4 Å². The smallest absolute Gasteiger partial charge is 0.411 e. The number of nitrogens with zero attached hydrogens (tertiary/aromatic N) is 1. The second kappa shape index (κ2) is 14.0. The van der Waals surface area contributed by atoms with Crippen molar-refractivity contribution in [3.05, 3.63) is 84.6 Å². The summed E-state index contributed by atoms with van der Waals surface area (Å²) in [4.78, 5) is 29.5. The standard InChI is InChI=1S/C32H36N4O6S2/c1-21(2)42-31(38)34-24-13-11-23(12-14-24)29-33-20-27(43-29)26-16-15-25(19-28(26)44(39,40)36-32(3,4)5)35-30(37)41-18-17-22-9-7-6-8-10-22/h6-16,19-21,36H,17-18H2,1-5H3,(H,34,38)(H,35,37). The fraction of sp³-hybridized carbons (Fsp3) is 0.281. The Morgan fingerprint density at radius 1 is 0.909 bits per heavy atom. The van der Waals surface area contributed by atoms with Crippen LogP contribution in [0.25, 0.3) is 21.0 Å². The molecule has 1 aromatic heterocycles. The van der Waals surface area contributed by atoms with Crippen molar-refractivity contribution in [2.24, 2.45) is 0 Å². The fourth-order valence-corrected chi connectivity index (χ4v) is 6.83. The van der Waals surface area contributed by atoms with Gasteiger partial charge in [0.05, 0.1) is 22.5 Å². The molecule has 10 nitrogen and oxygen atoms in total. The summed E-state index contributed by atoms with van der Waals surface area (Å²) in [6.45, 7) is 8.97. The Hall–Kier alpha value is -4.26. The Kier molecular flexibility index (Phi) is 10.4. The summed E-state index contributed by atoms with van der Waals surface area (Å²) in [7, 11) is -4.00. The van der Waals surface area contributed by atoms with E-state index in [2.05, 4.69) is 20.3 Å². The minimum atomic E-state index is -4.00. The molecule has 0 aliphatic heterocycles. The van der Waals surface area contributed by atoms with Crippen LogP contribution in [0.15, 0.2) is 83.9 Å². The minimum absolute atomic E-state index is 0.00655. The Morgan fingerprint density at radius 3 is 2.23 bits per heavy atom. The van der Waals surface area contributed by atoms with Crippen LogP contribution in [0.4, 0.5) is 21.0 Å². The van der Waals surface area contributed by atoms with E-state index in [1.54, 1.807) is 65.1 Å². The number of thiazole rings is 1. The summed E-state index contributed by atoms with van der Waals surface area (Å²) in [5, 5.41) is 5.97. The fourth-order valence-electron chi connectivity index (χ4n) is 4.13. The molecular weight excluding hydrogens is 601 g/mol. The van der Waals surface area contributed by atoms with Gasteiger partial charge in [-0.1, -0.05) is 36.4 Å². The molecule has 0 spiro atoms. The van der Waals surface area contributed by atoms with E-state index in [-0.39, 0.29) is 23.3 Å². The largest absolute Gasteiger partial charge is 0.449 e. The number of hydrogen-bond donors (Lipinski definition) is 3. The summed E-state index contributed by atoms with van der Waals surface area (Å²) in [5.74, 6) is 0. The van der Waals surface area contributed by atoms with Crippen LogP contribution < -0.4 is 15.4 Å². The number of hydrogen-bond acceptors (Lipinski definition) is 8. The van der Waals surface area contributed by atoms with E-state index in [0.717, 1.165) is 11.1 Å². The van der Waals surface area contributed by atoms with Crippen LogP contribution >= 0.6 is 11.3 Å². The van der Waals surface area contributed by atoms with Crippen LogP contribution in [0.1, 0.15) is 40.2 Å². The maximum Gasteiger partial charge on any atom is 0.411 e. The molecule has 0 saturated heterocycles. The van der Waals surface area contributed by atoms with E-state index >= 15 is 0 Å². The van der Waals surface area contributed by atoms with E-state index in [0.29, 0.717) is 27.6 Å². The minimum Gasteiger partial charge on any atom is -0.449 e. The van der Waals surface area contributed by atoms with Gasteiger partial charge >= 0.3 is 12.2 Å². The van der Waals surface area contributed by atoms with Gasteiger partial charge in [0.2, 0.25) is 10.0 Å². The Labute approximate surface area is 261 Å². The van der Waals surface area contributed by atoms with Gasteiger partial charge in [-0.25, -0.2) is 27.7 Å². The lowest BCUT2D eigenvalue weighted by Crippen LogP contribution is -2.40. The van der Waals surface area contributed by atoms with Crippen molar-refractivity contribution < 1.29 is 27.5 Å². The molecule has 4 aromatic rings. The van der Waals surface area contributed by atoms with Crippen molar-refractivity contribution in [3.8, 4) is 21.0 Å². The average Bonchev–Trinajstić information content (AvgIpc) is 3.42. The molecule has 0 saturated carbocycles. The molecule has 0 aliphatic carbocycles. The zero-order valence-corrected chi connectivity index (χ0v) is 26.8. The van der Waals surface area contributed by atoms with E-state index < -0.39 is 27.7 Å². The molecule has 0 fully saturated rings. The molecule has 0 atom stereocenters. The Morgan fingerprint density at radius 2 is 1.57 bits per heavy atom. The predicted molar refractivity (Wildman–Crippen MR) is 173 cm³/mol. The topological polar surface area (TPSA) is 136 Å². The number of nitrogens with one attached hydrogen (secondary N) is 3. The number of rotatable bonds is 10. The third kappa shape index (κ3) is 9.37. The number of carbonyl (C=O) groups is 2. The number of amides is 2. The Bertz CT molecular complexity index is 1700. The lowest BCUT2D eigenvalue weighted by molar-refractivity contribution is 0.130. The van der Waals surface area contributed by atoms with Gasteiger partial charge in [0.1, 0.15) is 5.01 Å². The molecular formula is C32H36N4O6S2. The first kappa shape index (κ1) is 32.6. The molecule has 0 radical (unpaired) electrons. The molecule has 0 unspecified atom stereocenters. The van der Waals surface area contributed by atoms with Crippen LogP contribution in [0.2, 0.25) is 0 Å². The third-order valence-corrected chi connectivity index (χ3v) is 8.79. The maximum absolute atomic E-state index is 13.6. The van der Waals surface area contributed by atoms with Gasteiger partial charge in [-0.2, -0.15) is 0 Å². The summed E-state index contributed by atoms with van der Waals surface area (Å²) >= 11 is 1.32. The predicted octanol–water partition coefficient (Wildman–Crippen LogP) is 7.30. The molecule has 44 heavy (non-hydrogen) atoms. The van der Waals surface area contributed by atoms with Crippen LogP contribution in [-0.4, -0.2) is 43.8 Å². The molecule has 3 aromatic carbocycles. The van der Waals surface area contributed by atoms with Gasteiger partial charge in [0.25, 0.3) is 0 Å². The van der Waals surface area contributed by atoms with E-state index in [9.17, 15) is 18.0 Å². The second-order valence-electron chi connectivity index (χ2n) is 11.2. The van der Waals surface area contributed by atoms with Crippen molar-refractivity contribution >= 4 is 44.9 Å². The number of aromatic nitrogens is 1. The summed E-state index contributed by atoms with van der Waals surface area (Å²) in [6.07, 6.45) is 0.707. The molecule has 4 rings (SSSR count). The third-order valence-electron chi connectivity index (χ3n) is 5.92. The van der Waals surface area contributed by atoms with Crippen molar-refractivity contribution in [1.82, 2.24) is 9.71 Å².